The van der Waals surface area contributed by atoms with Crippen molar-refractivity contribution in [2.75, 3.05) is 13.6 Å². The standard InChI is InChI=1S/C17H20N2O3S/c1-19(9-5-8-17(21)22)16(20)11-14-12-23-15(18-14)10-13-6-3-2-4-7-13/h2-4,6-7,12H,5,8-11H2,1H3,(H,21,22). The molecule has 1 heterocycles. The van der Waals surface area contributed by atoms with E-state index in [1.54, 1.807) is 23.3 Å². The van der Waals surface area contributed by atoms with Gasteiger partial charge in [-0.2, -0.15) is 0 Å². The molecule has 1 amide bonds. The maximum absolute atomic E-state index is 12.1. The molecule has 2 aromatic rings. The van der Waals surface area contributed by atoms with Gasteiger partial charge < -0.3 is 10.0 Å². The van der Waals surface area contributed by atoms with Crippen LogP contribution in [0.3, 0.4) is 0 Å². The first-order valence-electron chi connectivity index (χ1n) is 7.47. The molecule has 0 radical (unpaired) electrons. The molecule has 0 atom stereocenters. The second-order valence-corrected chi connectivity index (χ2v) is 6.33. The quantitative estimate of drug-likeness (QED) is 0.806. The smallest absolute Gasteiger partial charge is 0.303 e. The molecule has 0 spiro atoms. The first-order valence-corrected chi connectivity index (χ1v) is 8.35. The summed E-state index contributed by atoms with van der Waals surface area (Å²) in [6, 6.07) is 10.1. The number of likely N-dealkylation sites (N-methyl/N-ethyl adjacent to an activating group) is 1. The van der Waals surface area contributed by atoms with E-state index in [9.17, 15) is 9.59 Å². The van der Waals surface area contributed by atoms with E-state index in [4.69, 9.17) is 5.11 Å². The lowest BCUT2D eigenvalue weighted by Crippen LogP contribution is -2.29. The second-order valence-electron chi connectivity index (χ2n) is 5.38. The SMILES string of the molecule is CN(CCCC(=O)O)C(=O)Cc1csc(Cc2ccccc2)n1. The van der Waals surface area contributed by atoms with Gasteiger partial charge in [-0.25, -0.2) is 4.98 Å². The van der Waals surface area contributed by atoms with Crippen molar-refractivity contribution in [1.82, 2.24) is 9.88 Å². The van der Waals surface area contributed by atoms with Gasteiger partial charge in [-0.05, 0) is 12.0 Å². The van der Waals surface area contributed by atoms with Crippen LogP contribution in [0.2, 0.25) is 0 Å². The molecule has 5 nitrogen and oxygen atoms in total. The summed E-state index contributed by atoms with van der Waals surface area (Å²) in [7, 11) is 1.70. The number of nitrogens with zero attached hydrogens (tertiary/aromatic N) is 2. The molecule has 122 valence electrons. The van der Waals surface area contributed by atoms with Gasteiger partial charge in [-0.3, -0.25) is 9.59 Å². The molecule has 0 saturated carbocycles. The number of hydrogen-bond donors (Lipinski definition) is 1. The van der Waals surface area contributed by atoms with Crippen LogP contribution < -0.4 is 0 Å². The highest BCUT2D eigenvalue weighted by Gasteiger charge is 2.12. The molecule has 0 fully saturated rings. The summed E-state index contributed by atoms with van der Waals surface area (Å²) in [5.41, 5.74) is 1.97. The second kappa shape index (κ2) is 8.43. The van der Waals surface area contributed by atoms with Gasteiger partial charge >= 0.3 is 5.97 Å². The molecule has 0 saturated heterocycles. The van der Waals surface area contributed by atoms with Gasteiger partial charge in [0.25, 0.3) is 0 Å². The zero-order chi connectivity index (χ0) is 16.7. The Morgan fingerprint density at radius 3 is 2.70 bits per heavy atom. The maximum atomic E-state index is 12.1. The number of hydrogen-bond acceptors (Lipinski definition) is 4. The number of aliphatic carboxylic acids is 1. The average Bonchev–Trinajstić information content (AvgIpc) is 2.94. The Morgan fingerprint density at radius 1 is 1.26 bits per heavy atom. The first-order chi connectivity index (χ1) is 11.0. The predicted molar refractivity (Wildman–Crippen MR) is 89.6 cm³/mol. The highest BCUT2D eigenvalue weighted by Crippen LogP contribution is 2.15. The van der Waals surface area contributed by atoms with Crippen molar-refractivity contribution >= 4 is 23.2 Å². The fourth-order valence-corrected chi connectivity index (χ4v) is 2.99. The van der Waals surface area contributed by atoms with Gasteiger partial charge in [0, 0.05) is 31.8 Å². The van der Waals surface area contributed by atoms with Crippen molar-refractivity contribution in [3.63, 3.8) is 0 Å². The average molecular weight is 332 g/mol. The van der Waals surface area contributed by atoms with Crippen LogP contribution in [0.4, 0.5) is 0 Å². The summed E-state index contributed by atoms with van der Waals surface area (Å²) in [5.74, 6) is -0.872. The predicted octanol–water partition coefficient (Wildman–Crippen LogP) is 2.60. The normalized spacial score (nSPS) is 10.5. The molecule has 0 aliphatic heterocycles. The first kappa shape index (κ1) is 17.1. The molecule has 1 aromatic heterocycles. The van der Waals surface area contributed by atoms with Crippen molar-refractivity contribution in [1.29, 1.82) is 0 Å². The number of carbonyl (C=O) groups is 2. The Morgan fingerprint density at radius 2 is 2.00 bits per heavy atom. The maximum Gasteiger partial charge on any atom is 0.303 e. The number of carboxylic acid groups (broad SMARTS) is 1. The monoisotopic (exact) mass is 332 g/mol. The third kappa shape index (κ3) is 5.83. The van der Waals surface area contributed by atoms with Crippen LogP contribution in [0, 0.1) is 0 Å². The highest BCUT2D eigenvalue weighted by molar-refractivity contribution is 7.09. The summed E-state index contributed by atoms with van der Waals surface area (Å²) in [6.45, 7) is 0.451. The fourth-order valence-electron chi connectivity index (χ4n) is 2.16. The molecular weight excluding hydrogens is 312 g/mol. The van der Waals surface area contributed by atoms with E-state index < -0.39 is 5.97 Å². The number of thiazole rings is 1. The molecule has 1 N–H and O–H groups in total. The number of carboxylic acids is 1. The molecule has 0 unspecified atom stereocenters. The van der Waals surface area contributed by atoms with Crippen LogP contribution in [0.1, 0.15) is 29.1 Å². The lowest BCUT2D eigenvalue weighted by atomic mass is 10.2. The highest BCUT2D eigenvalue weighted by atomic mass is 32.1. The van der Waals surface area contributed by atoms with E-state index in [0.717, 1.165) is 17.1 Å². The summed E-state index contributed by atoms with van der Waals surface area (Å²) in [4.78, 5) is 28.7. The van der Waals surface area contributed by atoms with Crippen LogP contribution in [-0.2, 0) is 22.4 Å². The van der Waals surface area contributed by atoms with Crippen LogP contribution >= 0.6 is 11.3 Å². The van der Waals surface area contributed by atoms with Crippen molar-refractivity contribution in [2.45, 2.75) is 25.7 Å². The van der Waals surface area contributed by atoms with Gasteiger partial charge in [0.05, 0.1) is 17.1 Å². The zero-order valence-electron chi connectivity index (χ0n) is 13.1. The Bertz CT molecular complexity index is 655. The third-order valence-corrected chi connectivity index (χ3v) is 4.34. The third-order valence-electron chi connectivity index (χ3n) is 3.44. The van der Waals surface area contributed by atoms with Crippen LogP contribution in [0.15, 0.2) is 35.7 Å². The molecule has 6 heteroatoms. The summed E-state index contributed by atoms with van der Waals surface area (Å²) in [6.07, 6.45) is 1.58. The number of aromatic nitrogens is 1. The Kier molecular flexibility index (Phi) is 6.29. The lowest BCUT2D eigenvalue weighted by molar-refractivity contribution is -0.138. The van der Waals surface area contributed by atoms with E-state index in [0.29, 0.717) is 13.0 Å². The van der Waals surface area contributed by atoms with Gasteiger partial charge in [0.15, 0.2) is 0 Å². The van der Waals surface area contributed by atoms with Crippen molar-refractivity contribution in [3.05, 3.63) is 52.0 Å². The van der Waals surface area contributed by atoms with E-state index in [2.05, 4.69) is 17.1 Å². The van der Waals surface area contributed by atoms with Crippen molar-refractivity contribution in [2.24, 2.45) is 0 Å². The molecule has 0 bridgehead atoms. The Balaban J connectivity index is 1.83. The van der Waals surface area contributed by atoms with E-state index in [-0.39, 0.29) is 18.7 Å². The molecule has 23 heavy (non-hydrogen) atoms. The number of amides is 1. The van der Waals surface area contributed by atoms with Crippen LogP contribution in [0.25, 0.3) is 0 Å². The van der Waals surface area contributed by atoms with E-state index in [1.165, 1.54) is 5.56 Å². The summed E-state index contributed by atoms with van der Waals surface area (Å²) < 4.78 is 0. The molecule has 2 rings (SSSR count). The van der Waals surface area contributed by atoms with Crippen molar-refractivity contribution in [3.8, 4) is 0 Å². The number of carbonyl (C=O) groups excluding carboxylic acids is 1. The molecular formula is C17H20N2O3S. The van der Waals surface area contributed by atoms with E-state index >= 15 is 0 Å². The minimum Gasteiger partial charge on any atom is -0.481 e. The van der Waals surface area contributed by atoms with Gasteiger partial charge in [0.1, 0.15) is 0 Å². The summed E-state index contributed by atoms with van der Waals surface area (Å²) in [5, 5.41) is 11.5. The minimum absolute atomic E-state index is 0.0352. The largest absolute Gasteiger partial charge is 0.481 e. The summed E-state index contributed by atoms with van der Waals surface area (Å²) >= 11 is 1.56. The molecule has 0 aliphatic carbocycles. The Labute approximate surface area is 139 Å². The lowest BCUT2D eigenvalue weighted by Gasteiger charge is -2.15. The van der Waals surface area contributed by atoms with Crippen LogP contribution in [-0.4, -0.2) is 40.5 Å². The molecule has 1 aromatic carbocycles. The topological polar surface area (TPSA) is 70.5 Å². The number of benzene rings is 1. The van der Waals surface area contributed by atoms with Gasteiger partial charge in [-0.15, -0.1) is 11.3 Å². The zero-order valence-corrected chi connectivity index (χ0v) is 13.9. The van der Waals surface area contributed by atoms with Gasteiger partial charge in [0.2, 0.25) is 5.91 Å². The van der Waals surface area contributed by atoms with Gasteiger partial charge in [-0.1, -0.05) is 30.3 Å². The molecule has 0 aliphatic rings. The number of rotatable bonds is 8. The Hall–Kier alpha value is -2.21. The van der Waals surface area contributed by atoms with E-state index in [1.807, 2.05) is 23.6 Å². The minimum atomic E-state index is -0.837. The van der Waals surface area contributed by atoms with Crippen molar-refractivity contribution < 1.29 is 14.7 Å². The fraction of sp³-hybridized carbons (Fsp3) is 0.353. The van der Waals surface area contributed by atoms with Crippen LogP contribution in [0.5, 0.6) is 0 Å².